The molecular weight excluding hydrogens is 444 g/mol. The van der Waals surface area contributed by atoms with Crippen LogP contribution in [0.15, 0.2) is 76.5 Å². The third kappa shape index (κ3) is 4.89. The highest BCUT2D eigenvalue weighted by molar-refractivity contribution is 7.99. The largest absolute Gasteiger partial charge is 0.461 e. The van der Waals surface area contributed by atoms with Crippen molar-refractivity contribution in [2.45, 2.75) is 31.3 Å². The van der Waals surface area contributed by atoms with Gasteiger partial charge in [-0.1, -0.05) is 55.4 Å². The molecule has 1 N–H and O–H groups in total. The highest BCUT2D eigenvalue weighted by Crippen LogP contribution is 2.30. The quantitative estimate of drug-likeness (QED) is 0.303. The number of carbonyl (C=O) groups is 1. The minimum Gasteiger partial charge on any atom is -0.461 e. The molecule has 2 aromatic heterocycles. The van der Waals surface area contributed by atoms with Gasteiger partial charge >= 0.3 is 0 Å². The summed E-state index contributed by atoms with van der Waals surface area (Å²) < 4.78 is 7.39. The molecule has 2 aromatic carbocycles. The summed E-state index contributed by atoms with van der Waals surface area (Å²) in [6.07, 6.45) is 2.59. The maximum absolute atomic E-state index is 12.8. The fourth-order valence-corrected chi connectivity index (χ4v) is 4.21. The molecule has 1 unspecified atom stereocenters. The minimum absolute atomic E-state index is 0.101. The average molecular weight is 467 g/mol. The lowest BCUT2D eigenvalue weighted by atomic mass is 9.97. The fourth-order valence-electron chi connectivity index (χ4n) is 3.33. The number of carbonyl (C=O) groups excluding carboxylic acids is 1. The van der Waals surface area contributed by atoms with Crippen molar-refractivity contribution >= 4 is 35.0 Å². The van der Waals surface area contributed by atoms with E-state index in [0.717, 1.165) is 23.4 Å². The van der Waals surface area contributed by atoms with Crippen LogP contribution in [0.25, 0.3) is 17.3 Å². The number of para-hydroxylation sites is 1. The van der Waals surface area contributed by atoms with E-state index in [2.05, 4.69) is 35.4 Å². The molecule has 4 aromatic rings. The van der Waals surface area contributed by atoms with Crippen LogP contribution >= 0.6 is 23.4 Å². The van der Waals surface area contributed by atoms with Gasteiger partial charge in [-0.25, -0.2) is 0 Å². The highest BCUT2D eigenvalue weighted by Gasteiger charge is 2.19. The summed E-state index contributed by atoms with van der Waals surface area (Å²) in [6, 6.07) is 18.9. The molecule has 2 heterocycles. The third-order valence-electron chi connectivity index (χ3n) is 5.17. The molecule has 0 spiro atoms. The fraction of sp³-hybridized carbons (Fsp3) is 0.208. The minimum atomic E-state index is -0.101. The van der Waals surface area contributed by atoms with Crippen LogP contribution in [0, 0.1) is 0 Å². The monoisotopic (exact) mass is 466 g/mol. The van der Waals surface area contributed by atoms with Gasteiger partial charge in [0.05, 0.1) is 12.0 Å². The SMILES string of the molecule is CCC(C)c1ccccc1NC(=O)CSc1nnc(-c2ccco2)n1-c1ccc(Cl)cc1. The predicted molar refractivity (Wildman–Crippen MR) is 129 cm³/mol. The summed E-state index contributed by atoms with van der Waals surface area (Å²) in [5.41, 5.74) is 2.82. The lowest BCUT2D eigenvalue weighted by Gasteiger charge is -2.15. The first-order valence-electron chi connectivity index (χ1n) is 10.3. The van der Waals surface area contributed by atoms with Crippen molar-refractivity contribution in [1.82, 2.24) is 14.8 Å². The number of benzene rings is 2. The summed E-state index contributed by atoms with van der Waals surface area (Å²) in [6.45, 7) is 4.30. The number of furan rings is 1. The van der Waals surface area contributed by atoms with Crippen LogP contribution in [0.1, 0.15) is 31.7 Å². The molecule has 0 fully saturated rings. The first-order chi connectivity index (χ1) is 15.6. The van der Waals surface area contributed by atoms with Gasteiger partial charge in [-0.3, -0.25) is 9.36 Å². The number of aromatic nitrogens is 3. The van der Waals surface area contributed by atoms with E-state index in [9.17, 15) is 4.79 Å². The van der Waals surface area contributed by atoms with Gasteiger partial charge in [0.25, 0.3) is 0 Å². The Kier molecular flexibility index (Phi) is 6.97. The molecule has 0 radical (unpaired) electrons. The number of amides is 1. The van der Waals surface area contributed by atoms with Crippen LogP contribution < -0.4 is 5.32 Å². The molecule has 1 atom stereocenters. The first-order valence-corrected chi connectivity index (χ1v) is 11.7. The second kappa shape index (κ2) is 10.1. The normalized spacial score (nSPS) is 12.0. The summed E-state index contributed by atoms with van der Waals surface area (Å²) in [4.78, 5) is 12.8. The number of rotatable bonds is 8. The van der Waals surface area contributed by atoms with E-state index in [1.807, 2.05) is 41.0 Å². The number of hydrogen-bond donors (Lipinski definition) is 1. The Morgan fingerprint density at radius 2 is 1.91 bits per heavy atom. The van der Waals surface area contributed by atoms with Crippen molar-refractivity contribution < 1.29 is 9.21 Å². The van der Waals surface area contributed by atoms with Crippen LogP contribution in [0.3, 0.4) is 0 Å². The van der Waals surface area contributed by atoms with E-state index in [1.165, 1.54) is 11.8 Å². The zero-order valence-electron chi connectivity index (χ0n) is 17.8. The zero-order chi connectivity index (χ0) is 22.5. The molecule has 0 bridgehead atoms. The van der Waals surface area contributed by atoms with Gasteiger partial charge in [0.15, 0.2) is 10.9 Å². The van der Waals surface area contributed by atoms with E-state index in [1.54, 1.807) is 24.5 Å². The van der Waals surface area contributed by atoms with Gasteiger partial charge in [0.2, 0.25) is 11.7 Å². The van der Waals surface area contributed by atoms with Gasteiger partial charge < -0.3 is 9.73 Å². The molecule has 164 valence electrons. The lowest BCUT2D eigenvalue weighted by Crippen LogP contribution is -2.16. The number of hydrogen-bond acceptors (Lipinski definition) is 5. The Bertz CT molecular complexity index is 1190. The van der Waals surface area contributed by atoms with Crippen molar-refractivity contribution in [2.75, 3.05) is 11.1 Å². The highest BCUT2D eigenvalue weighted by atomic mass is 35.5. The molecule has 0 aliphatic carbocycles. The number of thioether (sulfide) groups is 1. The maximum Gasteiger partial charge on any atom is 0.234 e. The number of anilines is 1. The number of nitrogens with zero attached hydrogens (tertiary/aromatic N) is 3. The van der Waals surface area contributed by atoms with Gasteiger partial charge in [-0.15, -0.1) is 10.2 Å². The van der Waals surface area contributed by atoms with Crippen molar-refractivity contribution in [3.05, 3.63) is 77.5 Å². The van der Waals surface area contributed by atoms with Crippen LogP contribution in [0.5, 0.6) is 0 Å². The topological polar surface area (TPSA) is 73.0 Å². The molecule has 6 nitrogen and oxygen atoms in total. The van der Waals surface area contributed by atoms with E-state index in [4.69, 9.17) is 16.0 Å². The van der Waals surface area contributed by atoms with Crippen LogP contribution in [0.4, 0.5) is 5.69 Å². The van der Waals surface area contributed by atoms with Crippen molar-refractivity contribution in [3.8, 4) is 17.3 Å². The van der Waals surface area contributed by atoms with Crippen molar-refractivity contribution in [1.29, 1.82) is 0 Å². The average Bonchev–Trinajstić information content (AvgIpc) is 3.48. The lowest BCUT2D eigenvalue weighted by molar-refractivity contribution is -0.113. The van der Waals surface area contributed by atoms with Gasteiger partial charge in [-0.2, -0.15) is 0 Å². The Morgan fingerprint density at radius 1 is 1.12 bits per heavy atom. The Balaban J connectivity index is 1.55. The molecule has 4 rings (SSSR count). The molecule has 1 amide bonds. The van der Waals surface area contributed by atoms with Gasteiger partial charge in [-0.05, 0) is 60.4 Å². The van der Waals surface area contributed by atoms with E-state index in [0.29, 0.717) is 27.7 Å². The summed E-state index contributed by atoms with van der Waals surface area (Å²) in [5.74, 6) is 1.60. The Labute approximate surface area is 196 Å². The zero-order valence-corrected chi connectivity index (χ0v) is 19.4. The first kappa shape index (κ1) is 22.2. The van der Waals surface area contributed by atoms with Gasteiger partial charge in [0, 0.05) is 16.4 Å². The van der Waals surface area contributed by atoms with E-state index >= 15 is 0 Å². The predicted octanol–water partition coefficient (Wildman–Crippen LogP) is 6.43. The second-order valence-electron chi connectivity index (χ2n) is 7.33. The molecule has 32 heavy (non-hydrogen) atoms. The Hall–Kier alpha value is -3.03. The smallest absolute Gasteiger partial charge is 0.234 e. The summed E-state index contributed by atoms with van der Waals surface area (Å²) in [7, 11) is 0. The molecule has 0 aliphatic heterocycles. The molecule has 0 saturated carbocycles. The third-order valence-corrected chi connectivity index (χ3v) is 6.35. The van der Waals surface area contributed by atoms with Crippen LogP contribution in [-0.2, 0) is 4.79 Å². The maximum atomic E-state index is 12.8. The van der Waals surface area contributed by atoms with Crippen molar-refractivity contribution in [2.24, 2.45) is 0 Å². The Morgan fingerprint density at radius 3 is 2.62 bits per heavy atom. The number of nitrogens with one attached hydrogen (secondary N) is 1. The molecule has 0 saturated heterocycles. The summed E-state index contributed by atoms with van der Waals surface area (Å²) >= 11 is 7.37. The molecule has 8 heteroatoms. The van der Waals surface area contributed by atoms with E-state index in [-0.39, 0.29) is 11.7 Å². The van der Waals surface area contributed by atoms with E-state index < -0.39 is 0 Å². The standard InChI is InChI=1S/C24H23ClN4O2S/c1-3-16(2)19-7-4-5-8-20(19)26-22(30)15-32-24-28-27-23(21-9-6-14-31-21)29(24)18-12-10-17(25)11-13-18/h4-14,16H,3,15H2,1-2H3,(H,26,30). The molecule has 0 aliphatic rings. The van der Waals surface area contributed by atoms with Crippen LogP contribution in [-0.4, -0.2) is 26.4 Å². The van der Waals surface area contributed by atoms with Crippen LogP contribution in [0.2, 0.25) is 5.02 Å². The van der Waals surface area contributed by atoms with Gasteiger partial charge in [0.1, 0.15) is 0 Å². The number of halogens is 1. The van der Waals surface area contributed by atoms with Crippen molar-refractivity contribution in [3.63, 3.8) is 0 Å². The second-order valence-corrected chi connectivity index (χ2v) is 8.71. The molecular formula is C24H23ClN4O2S. The summed E-state index contributed by atoms with van der Waals surface area (Å²) in [5, 5.41) is 12.9.